The summed E-state index contributed by atoms with van der Waals surface area (Å²) >= 11 is 0. The van der Waals surface area contributed by atoms with Crippen molar-refractivity contribution in [2.45, 2.75) is 321 Å². The van der Waals surface area contributed by atoms with Crippen LogP contribution in [0.25, 0.3) is 0 Å². The third-order valence-electron chi connectivity index (χ3n) is 14.7. The first-order chi connectivity index (χ1) is 37.4. The van der Waals surface area contributed by atoms with Crippen LogP contribution in [-0.2, 0) is 42.2 Å². The van der Waals surface area contributed by atoms with Gasteiger partial charge in [-0.05, 0) is 25.3 Å². The molecule has 1 aliphatic heterocycles. The number of aliphatic hydroxyl groups is 2. The highest BCUT2D eigenvalue weighted by Crippen LogP contribution is 2.44. The molecule has 1 fully saturated rings. The highest BCUT2D eigenvalue weighted by Gasteiger charge is 2.45. The second-order valence-corrected chi connectivity index (χ2v) is 23.4. The summed E-state index contributed by atoms with van der Waals surface area (Å²) in [4.78, 5) is 65.9. The van der Waals surface area contributed by atoms with Crippen LogP contribution in [0.2, 0.25) is 0 Å². The van der Waals surface area contributed by atoms with Gasteiger partial charge in [-0.25, -0.2) is 9.36 Å². The first kappa shape index (κ1) is 70.4. The van der Waals surface area contributed by atoms with Crippen LogP contribution >= 0.6 is 7.82 Å². The van der Waals surface area contributed by atoms with Crippen molar-refractivity contribution in [3.05, 3.63) is 22.7 Å². The monoisotopic (exact) mass is 1110 g/mol. The fourth-order valence-corrected chi connectivity index (χ4v) is 10.6. The highest BCUT2D eigenvalue weighted by molar-refractivity contribution is 7.47. The molecule has 0 spiro atoms. The number of phosphoric ester groups is 1. The summed E-state index contributed by atoms with van der Waals surface area (Å²) in [6.07, 6.45) is 40.5. The summed E-state index contributed by atoms with van der Waals surface area (Å²) in [6.45, 7) is 4.96. The number of esters is 2. The quantitative estimate of drug-likeness (QED) is 0.0271. The number of ether oxygens (including phenoxy) is 3. The molecule has 1 saturated heterocycles. The van der Waals surface area contributed by atoms with Crippen LogP contribution in [0.1, 0.15) is 297 Å². The Labute approximate surface area is 465 Å². The molecular formula is C60H110N3O13P. The molecule has 77 heavy (non-hydrogen) atoms. The minimum absolute atomic E-state index is 0.0328. The van der Waals surface area contributed by atoms with E-state index >= 15 is 0 Å². The number of aliphatic hydroxyl groups excluding tert-OH is 2. The lowest BCUT2D eigenvalue weighted by Crippen LogP contribution is -2.36. The van der Waals surface area contributed by atoms with Crippen molar-refractivity contribution in [3.8, 4) is 0 Å². The molecule has 6 atom stereocenters. The van der Waals surface area contributed by atoms with E-state index in [0.29, 0.717) is 12.8 Å². The van der Waals surface area contributed by atoms with Gasteiger partial charge in [-0.2, -0.15) is 4.98 Å². The van der Waals surface area contributed by atoms with Gasteiger partial charge in [-0.1, -0.05) is 252 Å². The molecule has 0 saturated carbocycles. The number of nitrogens with one attached hydrogen (secondary N) is 1. The molecule has 0 aromatic carbocycles. The molecule has 448 valence electrons. The van der Waals surface area contributed by atoms with Gasteiger partial charge in [0.15, 0.2) is 12.3 Å². The minimum Gasteiger partial charge on any atom is -0.462 e. The molecule has 1 aliphatic rings. The predicted molar refractivity (Wildman–Crippen MR) is 307 cm³/mol. The maximum Gasteiger partial charge on any atom is 0.472 e. The maximum atomic E-state index is 13.1. The van der Waals surface area contributed by atoms with Crippen LogP contribution in [0.4, 0.5) is 5.82 Å². The van der Waals surface area contributed by atoms with E-state index in [1.54, 1.807) is 0 Å². The van der Waals surface area contributed by atoms with Crippen molar-refractivity contribution in [3.63, 3.8) is 0 Å². The molecule has 2 heterocycles. The molecule has 1 aromatic rings. The zero-order chi connectivity index (χ0) is 56.0. The van der Waals surface area contributed by atoms with Crippen LogP contribution in [0, 0.1) is 0 Å². The van der Waals surface area contributed by atoms with E-state index in [2.05, 4.69) is 31.1 Å². The van der Waals surface area contributed by atoms with Gasteiger partial charge in [0.05, 0.1) is 13.2 Å². The van der Waals surface area contributed by atoms with Crippen LogP contribution in [0.15, 0.2) is 17.1 Å². The van der Waals surface area contributed by atoms with Crippen LogP contribution < -0.4 is 11.0 Å². The van der Waals surface area contributed by atoms with Crippen molar-refractivity contribution in [1.29, 1.82) is 0 Å². The van der Waals surface area contributed by atoms with E-state index in [-0.39, 0.29) is 37.6 Å². The van der Waals surface area contributed by atoms with Gasteiger partial charge in [0, 0.05) is 25.5 Å². The molecule has 1 aromatic heterocycles. The second-order valence-electron chi connectivity index (χ2n) is 21.9. The number of anilines is 1. The number of nitrogens with zero attached hydrogens (tertiary/aromatic N) is 2. The Morgan fingerprint density at radius 1 is 0.571 bits per heavy atom. The molecule has 0 bridgehead atoms. The van der Waals surface area contributed by atoms with Crippen molar-refractivity contribution in [2.75, 3.05) is 25.1 Å². The smallest absolute Gasteiger partial charge is 0.462 e. The van der Waals surface area contributed by atoms with E-state index in [4.69, 9.17) is 23.3 Å². The number of hydrogen-bond acceptors (Lipinski definition) is 13. The number of carbonyl (C=O) groups is 3. The number of rotatable bonds is 53. The van der Waals surface area contributed by atoms with Crippen molar-refractivity contribution < 1.29 is 57.3 Å². The lowest BCUT2D eigenvalue weighted by Gasteiger charge is -2.21. The SMILES string of the molecule is CCCCCCCCCCCCCCCC(=O)Nc1ccn([C@@H]2O[C@H](COP(=O)(O)OCC(COC(=O)CCCCCCCCCCCCCCC)OC(=O)CCCCCCCCCCCCCCC)[C@@H](O)[C@@H]2O)c(=O)n1. The fourth-order valence-electron chi connectivity index (χ4n) is 9.86. The van der Waals surface area contributed by atoms with E-state index in [1.165, 1.54) is 186 Å². The second kappa shape index (κ2) is 47.0. The lowest BCUT2D eigenvalue weighted by atomic mass is 10.0. The van der Waals surface area contributed by atoms with Crippen molar-refractivity contribution in [2.24, 2.45) is 0 Å². The van der Waals surface area contributed by atoms with E-state index in [0.717, 1.165) is 68.8 Å². The third kappa shape index (κ3) is 37.0. The summed E-state index contributed by atoms with van der Waals surface area (Å²) in [5.41, 5.74) is -0.863. The van der Waals surface area contributed by atoms with E-state index in [9.17, 15) is 38.8 Å². The van der Waals surface area contributed by atoms with Gasteiger partial charge in [-0.15, -0.1) is 0 Å². The van der Waals surface area contributed by atoms with Gasteiger partial charge in [0.1, 0.15) is 30.7 Å². The molecule has 0 radical (unpaired) electrons. The van der Waals surface area contributed by atoms with Crippen LogP contribution in [0.3, 0.4) is 0 Å². The Morgan fingerprint density at radius 2 is 0.961 bits per heavy atom. The molecule has 2 unspecified atom stereocenters. The molecule has 2 rings (SSSR count). The number of amides is 1. The zero-order valence-corrected chi connectivity index (χ0v) is 49.5. The average molecular weight is 1110 g/mol. The summed E-state index contributed by atoms with van der Waals surface area (Å²) in [6, 6.07) is 1.38. The molecule has 0 aliphatic carbocycles. The molecular weight excluding hydrogens is 1000 g/mol. The average Bonchev–Trinajstić information content (AvgIpc) is 3.71. The summed E-state index contributed by atoms with van der Waals surface area (Å²) in [5, 5.41) is 24.3. The summed E-state index contributed by atoms with van der Waals surface area (Å²) < 4.78 is 41.2. The van der Waals surface area contributed by atoms with Crippen molar-refractivity contribution in [1.82, 2.24) is 9.55 Å². The van der Waals surface area contributed by atoms with Gasteiger partial charge in [0.25, 0.3) is 0 Å². The Morgan fingerprint density at radius 3 is 1.38 bits per heavy atom. The lowest BCUT2D eigenvalue weighted by molar-refractivity contribution is -0.161. The first-order valence-electron chi connectivity index (χ1n) is 31.3. The molecule has 17 heteroatoms. The number of aromatic nitrogens is 2. The predicted octanol–water partition coefficient (Wildman–Crippen LogP) is 14.8. The van der Waals surface area contributed by atoms with Crippen LogP contribution in [-0.4, -0.2) is 86.7 Å². The Bertz CT molecular complexity index is 1740. The number of phosphoric acid groups is 1. The normalized spacial score (nSPS) is 17.6. The highest BCUT2D eigenvalue weighted by atomic mass is 31.2. The first-order valence-corrected chi connectivity index (χ1v) is 32.8. The topological polar surface area (TPSA) is 222 Å². The van der Waals surface area contributed by atoms with E-state index in [1.807, 2.05) is 0 Å². The van der Waals surface area contributed by atoms with Crippen molar-refractivity contribution >= 4 is 31.5 Å². The Balaban J connectivity index is 1.81. The number of carbonyl (C=O) groups excluding carboxylic acids is 3. The minimum atomic E-state index is -4.90. The number of hydrogen-bond donors (Lipinski definition) is 4. The number of unbranched alkanes of at least 4 members (excludes halogenated alkanes) is 36. The maximum absolute atomic E-state index is 13.1. The standard InChI is InChI=1S/C60H110N3O13P/c1-4-7-10-13-16-19-22-25-28-31-34-37-40-43-54(64)61-53-46-47-63(60(69)62-53)59-58(68)57(67)52(76-59)50-74-77(70,71)73-49-51(75-56(66)45-42-39-36-33-30-27-24-21-18-15-12-9-6-3)48-72-55(65)44-41-38-35-32-29-26-23-20-17-14-11-8-5-2/h46-47,51-52,57-59,67-68H,4-45,48-50H2,1-3H3,(H,70,71)(H,61,62,64,69)/t51?,52-,57-,58+,59-/m1/s1. The molecule has 1 amide bonds. The third-order valence-corrected chi connectivity index (χ3v) is 15.7. The Hall–Kier alpha value is -2.72. The summed E-state index contributed by atoms with van der Waals surface area (Å²) in [5.74, 6) is -1.25. The van der Waals surface area contributed by atoms with Gasteiger partial charge in [-0.3, -0.25) is 28.0 Å². The zero-order valence-electron chi connectivity index (χ0n) is 48.6. The molecule has 16 nitrogen and oxygen atoms in total. The van der Waals surface area contributed by atoms with Crippen LogP contribution in [0.5, 0.6) is 0 Å². The van der Waals surface area contributed by atoms with Gasteiger partial charge < -0.3 is 34.6 Å². The largest absolute Gasteiger partial charge is 0.472 e. The summed E-state index contributed by atoms with van der Waals surface area (Å²) in [7, 11) is -4.90. The van der Waals surface area contributed by atoms with Gasteiger partial charge in [0.2, 0.25) is 5.91 Å². The van der Waals surface area contributed by atoms with Gasteiger partial charge >= 0.3 is 25.5 Å². The molecule has 4 N–H and O–H groups in total. The Kier molecular flexibility index (Phi) is 42.9. The van der Waals surface area contributed by atoms with E-state index < -0.39 is 69.3 Å². The fraction of sp³-hybridized carbons (Fsp3) is 0.883.